The fourth-order valence-corrected chi connectivity index (χ4v) is 1.86. The van der Waals surface area contributed by atoms with Gasteiger partial charge in [0.2, 0.25) is 0 Å². The molecule has 6 heteroatoms. The van der Waals surface area contributed by atoms with Gasteiger partial charge >= 0.3 is 0 Å². The van der Waals surface area contributed by atoms with Crippen LogP contribution in [0.5, 0.6) is 5.75 Å². The lowest BCUT2D eigenvalue weighted by molar-refractivity contribution is 0.387. The number of anilines is 1. The second-order valence-corrected chi connectivity index (χ2v) is 4.08. The van der Waals surface area contributed by atoms with E-state index in [-0.39, 0.29) is 5.75 Å². The number of hydrogen-bond acceptors (Lipinski definition) is 3. The summed E-state index contributed by atoms with van der Waals surface area (Å²) in [4.78, 5) is 0. The van der Waals surface area contributed by atoms with Crippen LogP contribution in [0.25, 0.3) is 11.1 Å². The molecule has 3 N–H and O–H groups in total. The van der Waals surface area contributed by atoms with Gasteiger partial charge in [0, 0.05) is 15.6 Å². The standard InChI is InChI=1S/C10H9BrFN3O/c1-16-8-3-5(11)2-6(9(8)12)7-4-14-15-10(7)13/h2-4H,1H3,(H3,13,14,15). The number of benzene rings is 1. The van der Waals surface area contributed by atoms with E-state index in [1.165, 1.54) is 13.3 Å². The third kappa shape index (κ3) is 1.76. The topological polar surface area (TPSA) is 63.9 Å². The molecular formula is C10H9BrFN3O. The van der Waals surface area contributed by atoms with Crippen LogP contribution in [0.3, 0.4) is 0 Å². The maximum atomic E-state index is 14.0. The highest BCUT2D eigenvalue weighted by Gasteiger charge is 2.15. The van der Waals surface area contributed by atoms with Crippen LogP contribution >= 0.6 is 15.9 Å². The minimum atomic E-state index is -0.459. The van der Waals surface area contributed by atoms with Crippen LogP contribution in [0.15, 0.2) is 22.8 Å². The molecule has 0 radical (unpaired) electrons. The van der Waals surface area contributed by atoms with E-state index in [4.69, 9.17) is 10.5 Å². The summed E-state index contributed by atoms with van der Waals surface area (Å²) in [6, 6.07) is 3.17. The SMILES string of the molecule is COc1cc(Br)cc(-c2cn[nH]c2N)c1F. The van der Waals surface area contributed by atoms with Crippen molar-refractivity contribution in [2.75, 3.05) is 12.8 Å². The first-order valence-corrected chi connectivity index (χ1v) is 5.25. The van der Waals surface area contributed by atoms with E-state index in [2.05, 4.69) is 26.1 Å². The van der Waals surface area contributed by atoms with Crippen molar-refractivity contribution in [1.29, 1.82) is 0 Å². The van der Waals surface area contributed by atoms with Gasteiger partial charge < -0.3 is 10.5 Å². The van der Waals surface area contributed by atoms with Gasteiger partial charge in [0.25, 0.3) is 0 Å². The van der Waals surface area contributed by atoms with Crippen molar-refractivity contribution in [3.05, 3.63) is 28.6 Å². The Labute approximate surface area is 99.7 Å². The summed E-state index contributed by atoms with van der Waals surface area (Å²) in [6.45, 7) is 0. The normalized spacial score (nSPS) is 10.4. The predicted molar refractivity (Wildman–Crippen MR) is 62.6 cm³/mol. The number of rotatable bonds is 2. The molecule has 1 aromatic carbocycles. The minimum absolute atomic E-state index is 0.157. The molecule has 0 aliphatic carbocycles. The number of nitrogens with zero attached hydrogens (tertiary/aromatic N) is 1. The molecule has 0 spiro atoms. The van der Waals surface area contributed by atoms with Crippen molar-refractivity contribution >= 4 is 21.7 Å². The zero-order chi connectivity index (χ0) is 11.7. The van der Waals surface area contributed by atoms with Crippen LogP contribution in [-0.2, 0) is 0 Å². The fraction of sp³-hybridized carbons (Fsp3) is 0.100. The highest BCUT2D eigenvalue weighted by atomic mass is 79.9. The highest BCUT2D eigenvalue weighted by molar-refractivity contribution is 9.10. The van der Waals surface area contributed by atoms with Gasteiger partial charge in [-0.05, 0) is 12.1 Å². The summed E-state index contributed by atoms with van der Waals surface area (Å²) < 4.78 is 19.6. The molecule has 0 aliphatic heterocycles. The molecular weight excluding hydrogens is 277 g/mol. The van der Waals surface area contributed by atoms with E-state index in [1.807, 2.05) is 0 Å². The monoisotopic (exact) mass is 285 g/mol. The quantitative estimate of drug-likeness (QED) is 0.891. The summed E-state index contributed by atoms with van der Waals surface area (Å²) in [5.41, 5.74) is 6.50. The Bertz CT molecular complexity index is 527. The first kappa shape index (κ1) is 10.9. The van der Waals surface area contributed by atoms with E-state index in [1.54, 1.807) is 12.1 Å². The maximum Gasteiger partial charge on any atom is 0.173 e. The van der Waals surface area contributed by atoms with Crippen LogP contribution in [0.2, 0.25) is 0 Å². The lowest BCUT2D eigenvalue weighted by Gasteiger charge is -2.07. The molecule has 1 heterocycles. The highest BCUT2D eigenvalue weighted by Crippen LogP contribution is 2.34. The number of ether oxygens (including phenoxy) is 1. The van der Waals surface area contributed by atoms with Crippen LogP contribution in [0, 0.1) is 5.82 Å². The Hall–Kier alpha value is -1.56. The second-order valence-electron chi connectivity index (χ2n) is 3.17. The first-order valence-electron chi connectivity index (χ1n) is 4.45. The van der Waals surface area contributed by atoms with Crippen LogP contribution in [-0.4, -0.2) is 17.3 Å². The van der Waals surface area contributed by atoms with E-state index >= 15 is 0 Å². The first-order chi connectivity index (χ1) is 7.63. The van der Waals surface area contributed by atoms with E-state index in [9.17, 15) is 4.39 Å². The molecule has 0 saturated carbocycles. The van der Waals surface area contributed by atoms with Crippen molar-refractivity contribution in [3.8, 4) is 16.9 Å². The zero-order valence-corrected chi connectivity index (χ0v) is 10.0. The fourth-order valence-electron chi connectivity index (χ4n) is 1.42. The summed E-state index contributed by atoms with van der Waals surface area (Å²) in [7, 11) is 1.41. The van der Waals surface area contributed by atoms with Gasteiger partial charge in [-0.25, -0.2) is 4.39 Å². The van der Waals surface area contributed by atoms with E-state index in [0.717, 1.165) is 0 Å². The minimum Gasteiger partial charge on any atom is -0.494 e. The number of nitrogens with one attached hydrogen (secondary N) is 1. The molecule has 1 aromatic heterocycles. The van der Waals surface area contributed by atoms with Gasteiger partial charge in [-0.1, -0.05) is 15.9 Å². The van der Waals surface area contributed by atoms with Crippen molar-refractivity contribution in [2.24, 2.45) is 0 Å². The average molecular weight is 286 g/mol. The molecule has 4 nitrogen and oxygen atoms in total. The smallest absolute Gasteiger partial charge is 0.173 e. The third-order valence-electron chi connectivity index (χ3n) is 2.18. The molecule has 0 amide bonds. The Morgan fingerprint density at radius 1 is 1.44 bits per heavy atom. The zero-order valence-electron chi connectivity index (χ0n) is 8.42. The van der Waals surface area contributed by atoms with Crippen LogP contribution < -0.4 is 10.5 Å². The second kappa shape index (κ2) is 4.13. The lowest BCUT2D eigenvalue weighted by atomic mass is 10.1. The van der Waals surface area contributed by atoms with Crippen molar-refractivity contribution in [2.45, 2.75) is 0 Å². The van der Waals surface area contributed by atoms with Gasteiger partial charge in [0.1, 0.15) is 5.82 Å². The molecule has 0 fully saturated rings. The van der Waals surface area contributed by atoms with Gasteiger partial charge in [-0.3, -0.25) is 5.10 Å². The molecule has 0 unspecified atom stereocenters. The molecule has 0 aliphatic rings. The Kier molecular flexibility index (Phi) is 2.82. The largest absolute Gasteiger partial charge is 0.494 e. The summed E-state index contributed by atoms with van der Waals surface area (Å²) in [6.07, 6.45) is 1.47. The molecule has 2 aromatic rings. The van der Waals surface area contributed by atoms with Gasteiger partial charge in [-0.2, -0.15) is 5.10 Å². The van der Waals surface area contributed by atoms with Gasteiger partial charge in [0.05, 0.1) is 13.3 Å². The molecule has 0 atom stereocenters. The number of H-pyrrole nitrogens is 1. The molecule has 2 rings (SSSR count). The van der Waals surface area contributed by atoms with Crippen molar-refractivity contribution < 1.29 is 9.13 Å². The number of halogens is 2. The van der Waals surface area contributed by atoms with E-state index < -0.39 is 5.82 Å². The summed E-state index contributed by atoms with van der Waals surface area (Å²) in [5.74, 6) is 0.0165. The summed E-state index contributed by atoms with van der Waals surface area (Å²) >= 11 is 3.28. The number of hydrogen-bond donors (Lipinski definition) is 2. The predicted octanol–water partition coefficient (Wildman–Crippen LogP) is 2.57. The summed E-state index contributed by atoms with van der Waals surface area (Å²) in [5, 5.41) is 6.31. The molecule has 16 heavy (non-hydrogen) atoms. The van der Waals surface area contributed by atoms with Gasteiger partial charge in [0.15, 0.2) is 11.6 Å². The van der Waals surface area contributed by atoms with Crippen molar-refractivity contribution in [3.63, 3.8) is 0 Å². The molecule has 84 valence electrons. The van der Waals surface area contributed by atoms with E-state index in [0.29, 0.717) is 21.4 Å². The van der Waals surface area contributed by atoms with Crippen LogP contribution in [0.1, 0.15) is 0 Å². The number of aromatic nitrogens is 2. The number of nitrogens with two attached hydrogens (primary N) is 1. The third-order valence-corrected chi connectivity index (χ3v) is 2.64. The number of methoxy groups -OCH3 is 1. The van der Waals surface area contributed by atoms with Crippen molar-refractivity contribution in [1.82, 2.24) is 10.2 Å². The van der Waals surface area contributed by atoms with Gasteiger partial charge in [-0.15, -0.1) is 0 Å². The number of nitrogen functional groups attached to an aromatic ring is 1. The Morgan fingerprint density at radius 2 is 2.19 bits per heavy atom. The number of aromatic amines is 1. The molecule has 0 bridgehead atoms. The molecule has 0 saturated heterocycles. The average Bonchev–Trinajstić information content (AvgIpc) is 2.67. The Morgan fingerprint density at radius 3 is 2.75 bits per heavy atom. The lowest BCUT2D eigenvalue weighted by Crippen LogP contribution is -1.94. The maximum absolute atomic E-state index is 14.0. The van der Waals surface area contributed by atoms with Crippen LogP contribution in [0.4, 0.5) is 10.2 Å². The Balaban J connectivity index is 2.65.